The van der Waals surface area contributed by atoms with Crippen LogP contribution in [0, 0.1) is 5.92 Å². The predicted molar refractivity (Wildman–Crippen MR) is 34.5 cm³/mol. The SMILES string of the molecule is NC(C(=O)O)[C@@H]1CCOC1. The van der Waals surface area contributed by atoms with Crippen LogP contribution in [0.25, 0.3) is 0 Å². The van der Waals surface area contributed by atoms with Crippen molar-refractivity contribution in [2.45, 2.75) is 12.5 Å². The van der Waals surface area contributed by atoms with E-state index in [1.165, 1.54) is 0 Å². The van der Waals surface area contributed by atoms with E-state index in [0.717, 1.165) is 6.42 Å². The first-order chi connectivity index (χ1) is 4.72. The fraction of sp³-hybridized carbons (Fsp3) is 0.833. The van der Waals surface area contributed by atoms with Crippen LogP contribution in [0.1, 0.15) is 6.42 Å². The summed E-state index contributed by atoms with van der Waals surface area (Å²) in [5.41, 5.74) is 5.34. The zero-order chi connectivity index (χ0) is 7.56. The standard InChI is InChI=1S/C6H11NO3/c7-5(6(8)9)4-1-2-10-3-4/h4-5H,1-3,7H2,(H,8,9)/t4-,5?/m1/s1. The third kappa shape index (κ3) is 1.46. The number of nitrogens with two attached hydrogens (primary N) is 1. The predicted octanol–water partition coefficient (Wildman–Crippen LogP) is -0.565. The Labute approximate surface area is 59.0 Å². The Hall–Kier alpha value is -0.610. The molecule has 4 heteroatoms. The smallest absolute Gasteiger partial charge is 0.320 e. The summed E-state index contributed by atoms with van der Waals surface area (Å²) in [7, 11) is 0. The van der Waals surface area contributed by atoms with Crippen LogP contribution in [-0.2, 0) is 9.53 Å². The Bertz CT molecular complexity index is 131. The molecule has 58 valence electrons. The molecule has 0 aromatic carbocycles. The fourth-order valence-corrected chi connectivity index (χ4v) is 1.04. The van der Waals surface area contributed by atoms with Gasteiger partial charge in [0, 0.05) is 12.5 Å². The first kappa shape index (κ1) is 7.50. The van der Waals surface area contributed by atoms with Crippen molar-refractivity contribution in [2.24, 2.45) is 11.7 Å². The maximum absolute atomic E-state index is 10.3. The van der Waals surface area contributed by atoms with Crippen LogP contribution in [0.3, 0.4) is 0 Å². The number of rotatable bonds is 2. The highest BCUT2D eigenvalue weighted by atomic mass is 16.5. The van der Waals surface area contributed by atoms with Crippen molar-refractivity contribution < 1.29 is 14.6 Å². The van der Waals surface area contributed by atoms with Gasteiger partial charge in [-0.3, -0.25) is 4.79 Å². The van der Waals surface area contributed by atoms with Gasteiger partial charge in [0.25, 0.3) is 0 Å². The monoisotopic (exact) mass is 145 g/mol. The van der Waals surface area contributed by atoms with Crippen LogP contribution in [-0.4, -0.2) is 30.3 Å². The highest BCUT2D eigenvalue weighted by Crippen LogP contribution is 2.14. The summed E-state index contributed by atoms with van der Waals surface area (Å²) in [5, 5.41) is 8.46. The molecular weight excluding hydrogens is 134 g/mol. The number of carboxylic acid groups (broad SMARTS) is 1. The maximum atomic E-state index is 10.3. The average molecular weight is 145 g/mol. The normalized spacial score (nSPS) is 28.3. The van der Waals surface area contributed by atoms with Gasteiger partial charge in [-0.05, 0) is 6.42 Å². The second-order valence-corrected chi connectivity index (χ2v) is 2.49. The van der Waals surface area contributed by atoms with Gasteiger partial charge in [-0.25, -0.2) is 0 Å². The molecule has 0 radical (unpaired) electrons. The molecule has 0 bridgehead atoms. The van der Waals surface area contributed by atoms with Crippen LogP contribution in [0.4, 0.5) is 0 Å². The van der Waals surface area contributed by atoms with Crippen LogP contribution >= 0.6 is 0 Å². The Morgan fingerprint density at radius 3 is 2.90 bits per heavy atom. The lowest BCUT2D eigenvalue weighted by Gasteiger charge is -2.11. The largest absolute Gasteiger partial charge is 0.480 e. The second kappa shape index (κ2) is 2.98. The molecular formula is C6H11NO3. The lowest BCUT2D eigenvalue weighted by atomic mass is 10.0. The van der Waals surface area contributed by atoms with Crippen molar-refractivity contribution >= 4 is 5.97 Å². The van der Waals surface area contributed by atoms with Crippen LogP contribution in [0.2, 0.25) is 0 Å². The summed E-state index contributed by atoms with van der Waals surface area (Å²) in [4.78, 5) is 10.3. The van der Waals surface area contributed by atoms with Crippen molar-refractivity contribution in [1.29, 1.82) is 0 Å². The highest BCUT2D eigenvalue weighted by molar-refractivity contribution is 5.73. The number of carbonyl (C=O) groups is 1. The molecule has 1 aliphatic rings. The van der Waals surface area contributed by atoms with E-state index in [9.17, 15) is 4.79 Å². The summed E-state index contributed by atoms with van der Waals surface area (Å²) in [5.74, 6) is -0.923. The van der Waals surface area contributed by atoms with E-state index in [1.807, 2.05) is 0 Å². The van der Waals surface area contributed by atoms with Gasteiger partial charge >= 0.3 is 5.97 Å². The molecule has 4 nitrogen and oxygen atoms in total. The van der Waals surface area contributed by atoms with Gasteiger partial charge in [0.2, 0.25) is 0 Å². The molecule has 1 heterocycles. The van der Waals surface area contributed by atoms with Crippen molar-refractivity contribution in [3.8, 4) is 0 Å². The quantitative estimate of drug-likeness (QED) is 0.546. The average Bonchev–Trinajstić information content (AvgIpc) is 2.36. The molecule has 3 N–H and O–H groups in total. The minimum absolute atomic E-state index is 0.0116. The fourth-order valence-electron chi connectivity index (χ4n) is 1.04. The lowest BCUT2D eigenvalue weighted by molar-refractivity contribution is -0.139. The molecule has 0 aromatic rings. The topological polar surface area (TPSA) is 72.6 Å². The Kier molecular flexibility index (Phi) is 2.24. The molecule has 2 atom stereocenters. The van der Waals surface area contributed by atoms with Gasteiger partial charge in [0.15, 0.2) is 0 Å². The van der Waals surface area contributed by atoms with Crippen molar-refractivity contribution in [3.05, 3.63) is 0 Å². The van der Waals surface area contributed by atoms with E-state index in [1.54, 1.807) is 0 Å². The summed E-state index contributed by atoms with van der Waals surface area (Å²) < 4.78 is 4.99. The van der Waals surface area contributed by atoms with Crippen LogP contribution < -0.4 is 5.73 Å². The second-order valence-electron chi connectivity index (χ2n) is 2.49. The van der Waals surface area contributed by atoms with Crippen LogP contribution in [0.15, 0.2) is 0 Å². The van der Waals surface area contributed by atoms with Gasteiger partial charge in [-0.1, -0.05) is 0 Å². The molecule has 1 rings (SSSR count). The number of carboxylic acids is 1. The molecule has 0 aromatic heterocycles. The molecule has 1 fully saturated rings. The zero-order valence-corrected chi connectivity index (χ0v) is 5.62. The Balaban J connectivity index is 2.39. The van der Waals surface area contributed by atoms with Crippen molar-refractivity contribution in [3.63, 3.8) is 0 Å². The zero-order valence-electron chi connectivity index (χ0n) is 5.62. The number of ether oxygens (including phenoxy) is 1. The first-order valence-corrected chi connectivity index (χ1v) is 3.28. The minimum atomic E-state index is -0.935. The molecule has 1 saturated heterocycles. The van der Waals surface area contributed by atoms with E-state index >= 15 is 0 Å². The van der Waals surface area contributed by atoms with E-state index in [4.69, 9.17) is 15.6 Å². The highest BCUT2D eigenvalue weighted by Gasteiger charge is 2.27. The summed E-state index contributed by atoms with van der Waals surface area (Å²) in [6.45, 7) is 1.14. The van der Waals surface area contributed by atoms with Gasteiger partial charge in [0.05, 0.1) is 6.61 Å². The van der Waals surface area contributed by atoms with Crippen molar-refractivity contribution in [1.82, 2.24) is 0 Å². The Morgan fingerprint density at radius 1 is 1.80 bits per heavy atom. The summed E-state index contributed by atoms with van der Waals surface area (Å²) in [6, 6.07) is -0.748. The third-order valence-corrected chi connectivity index (χ3v) is 1.76. The van der Waals surface area contributed by atoms with E-state index in [0.29, 0.717) is 13.2 Å². The van der Waals surface area contributed by atoms with E-state index < -0.39 is 12.0 Å². The van der Waals surface area contributed by atoms with Gasteiger partial charge in [-0.15, -0.1) is 0 Å². The molecule has 0 saturated carbocycles. The number of aliphatic carboxylic acids is 1. The molecule has 1 unspecified atom stereocenters. The van der Waals surface area contributed by atoms with Crippen LogP contribution in [0.5, 0.6) is 0 Å². The van der Waals surface area contributed by atoms with Gasteiger partial charge in [0.1, 0.15) is 6.04 Å². The maximum Gasteiger partial charge on any atom is 0.320 e. The number of hydrogen-bond donors (Lipinski definition) is 2. The Morgan fingerprint density at radius 2 is 2.50 bits per heavy atom. The van der Waals surface area contributed by atoms with Gasteiger partial charge in [-0.2, -0.15) is 0 Å². The molecule has 1 aliphatic heterocycles. The van der Waals surface area contributed by atoms with E-state index in [-0.39, 0.29) is 5.92 Å². The third-order valence-electron chi connectivity index (χ3n) is 1.76. The molecule has 10 heavy (non-hydrogen) atoms. The lowest BCUT2D eigenvalue weighted by Crippen LogP contribution is -2.38. The minimum Gasteiger partial charge on any atom is -0.480 e. The molecule has 0 aliphatic carbocycles. The van der Waals surface area contributed by atoms with Crippen molar-refractivity contribution in [2.75, 3.05) is 13.2 Å². The first-order valence-electron chi connectivity index (χ1n) is 3.28. The number of hydrogen-bond acceptors (Lipinski definition) is 3. The summed E-state index contributed by atoms with van der Waals surface area (Å²) in [6.07, 6.45) is 0.771. The molecule has 0 amide bonds. The van der Waals surface area contributed by atoms with E-state index in [2.05, 4.69) is 0 Å². The molecule has 0 spiro atoms. The van der Waals surface area contributed by atoms with Gasteiger partial charge < -0.3 is 15.6 Å². The summed E-state index contributed by atoms with van der Waals surface area (Å²) >= 11 is 0.